The fraction of sp³-hybridized carbons (Fsp3) is 0.333. The van der Waals surface area contributed by atoms with Crippen molar-refractivity contribution in [3.05, 3.63) is 34.4 Å². The molecule has 2 N–H and O–H groups in total. The Balaban J connectivity index is 2.22. The van der Waals surface area contributed by atoms with Crippen LogP contribution in [0.4, 0.5) is 0 Å². The first kappa shape index (κ1) is 16.5. The summed E-state index contributed by atoms with van der Waals surface area (Å²) in [6, 6.07) is 6.66. The number of para-hydroxylation sites is 1. The van der Waals surface area contributed by atoms with Gasteiger partial charge in [0.15, 0.2) is 6.04 Å². The molecule has 1 heterocycles. The van der Waals surface area contributed by atoms with Gasteiger partial charge in [0.1, 0.15) is 6.54 Å². The molecule has 2 aromatic rings. The van der Waals surface area contributed by atoms with Crippen molar-refractivity contribution in [3.63, 3.8) is 0 Å². The maximum absolute atomic E-state index is 12.1. The van der Waals surface area contributed by atoms with Gasteiger partial charge in [-0.25, -0.2) is 4.79 Å². The van der Waals surface area contributed by atoms with Crippen LogP contribution in [0.5, 0.6) is 0 Å². The first-order valence-corrected chi connectivity index (χ1v) is 7.49. The number of methoxy groups -OCH3 is 1. The number of aromatic nitrogens is 1. The van der Waals surface area contributed by atoms with E-state index in [1.54, 1.807) is 0 Å². The molecule has 0 radical (unpaired) electrons. The van der Waals surface area contributed by atoms with Gasteiger partial charge in [-0.1, -0.05) is 18.2 Å². The predicted molar refractivity (Wildman–Crippen MR) is 85.8 cm³/mol. The highest BCUT2D eigenvalue weighted by Crippen LogP contribution is 2.30. The second-order valence-corrected chi connectivity index (χ2v) is 5.71. The maximum atomic E-state index is 12.1. The van der Waals surface area contributed by atoms with Crippen LogP contribution in [0.2, 0.25) is 0 Å². The molecule has 6 nitrogen and oxygen atoms in total. The Morgan fingerprint density at radius 2 is 2.09 bits per heavy atom. The Morgan fingerprint density at radius 1 is 1.41 bits per heavy atom. The van der Waals surface area contributed by atoms with E-state index in [0.717, 1.165) is 21.1 Å². The third-order valence-corrected chi connectivity index (χ3v) is 4.42. The van der Waals surface area contributed by atoms with Crippen molar-refractivity contribution >= 4 is 38.7 Å². The highest BCUT2D eigenvalue weighted by Gasteiger charge is 2.21. The van der Waals surface area contributed by atoms with E-state index in [0.29, 0.717) is 0 Å². The summed E-state index contributed by atoms with van der Waals surface area (Å²) in [6.07, 6.45) is 0. The van der Waals surface area contributed by atoms with E-state index in [4.69, 9.17) is 9.84 Å². The van der Waals surface area contributed by atoms with Crippen molar-refractivity contribution in [1.82, 2.24) is 9.88 Å². The summed E-state index contributed by atoms with van der Waals surface area (Å²) >= 11 is 3.52. The van der Waals surface area contributed by atoms with Gasteiger partial charge in [0.05, 0.1) is 6.61 Å². The smallest absolute Gasteiger partial charge is 0.328 e. The van der Waals surface area contributed by atoms with Crippen LogP contribution in [-0.2, 0) is 20.9 Å². The van der Waals surface area contributed by atoms with Crippen LogP contribution in [0.1, 0.15) is 5.69 Å². The lowest BCUT2D eigenvalue weighted by atomic mass is 10.2. The number of carboxylic acids is 1. The lowest BCUT2D eigenvalue weighted by Gasteiger charge is -2.15. The third kappa shape index (κ3) is 3.31. The Kier molecular flexibility index (Phi) is 5.20. The molecule has 0 aliphatic carbocycles. The Bertz CT molecular complexity index is 711. The summed E-state index contributed by atoms with van der Waals surface area (Å²) in [5, 5.41) is 12.5. The lowest BCUT2D eigenvalue weighted by Crippen LogP contribution is -2.45. The van der Waals surface area contributed by atoms with Gasteiger partial charge in [0.2, 0.25) is 5.91 Å². The minimum atomic E-state index is -1.12. The minimum absolute atomic E-state index is 0.0471. The molecule has 22 heavy (non-hydrogen) atoms. The summed E-state index contributed by atoms with van der Waals surface area (Å²) in [6.45, 7) is 1.88. The number of halogens is 1. The molecular formula is C15H17BrN2O4. The summed E-state index contributed by atoms with van der Waals surface area (Å²) in [5.41, 5.74) is 1.83. The molecule has 0 aliphatic rings. The van der Waals surface area contributed by atoms with Crippen molar-refractivity contribution in [2.45, 2.75) is 19.5 Å². The van der Waals surface area contributed by atoms with Crippen LogP contribution in [0.15, 0.2) is 28.7 Å². The molecule has 118 valence electrons. The molecule has 0 aliphatic heterocycles. The van der Waals surface area contributed by atoms with Crippen LogP contribution in [0.3, 0.4) is 0 Å². The summed E-state index contributed by atoms with van der Waals surface area (Å²) in [4.78, 5) is 23.2. The molecule has 2 rings (SSSR count). The molecule has 1 aromatic carbocycles. The molecule has 0 spiro atoms. The third-order valence-electron chi connectivity index (χ3n) is 3.42. The van der Waals surface area contributed by atoms with E-state index in [2.05, 4.69) is 21.2 Å². The van der Waals surface area contributed by atoms with E-state index in [1.807, 2.05) is 35.8 Å². The standard InChI is InChI=1S/C15H17BrN2O4/c1-9-14(16)10-5-3-4-6-12(10)18(9)7-13(19)17-11(8-22-2)15(20)21/h3-6,11H,7-8H2,1-2H3,(H,17,19)(H,20,21). The Morgan fingerprint density at radius 3 is 2.73 bits per heavy atom. The van der Waals surface area contributed by atoms with E-state index >= 15 is 0 Å². The van der Waals surface area contributed by atoms with Crippen molar-refractivity contribution < 1.29 is 19.4 Å². The molecule has 1 aromatic heterocycles. The van der Waals surface area contributed by atoms with Crippen molar-refractivity contribution in [3.8, 4) is 0 Å². The number of fused-ring (bicyclic) bond motifs is 1. The molecule has 0 saturated carbocycles. The monoisotopic (exact) mass is 368 g/mol. The molecule has 1 atom stereocenters. The topological polar surface area (TPSA) is 80.6 Å². The average Bonchev–Trinajstić information content (AvgIpc) is 2.72. The number of nitrogens with one attached hydrogen (secondary N) is 1. The quantitative estimate of drug-likeness (QED) is 0.816. The van der Waals surface area contributed by atoms with Gasteiger partial charge in [0, 0.05) is 28.2 Å². The van der Waals surface area contributed by atoms with E-state index < -0.39 is 12.0 Å². The number of benzene rings is 1. The minimum Gasteiger partial charge on any atom is -0.480 e. The number of aliphatic carboxylic acids is 1. The molecule has 1 unspecified atom stereocenters. The van der Waals surface area contributed by atoms with Gasteiger partial charge in [0.25, 0.3) is 0 Å². The molecule has 0 fully saturated rings. The second kappa shape index (κ2) is 6.93. The SMILES string of the molecule is COCC(NC(=O)Cn1c(C)c(Br)c2ccccc21)C(=O)O. The summed E-state index contributed by atoms with van der Waals surface area (Å²) in [5.74, 6) is -1.49. The van der Waals surface area contributed by atoms with Crippen molar-refractivity contribution in [1.29, 1.82) is 0 Å². The van der Waals surface area contributed by atoms with E-state index in [1.165, 1.54) is 7.11 Å². The molecule has 0 bridgehead atoms. The van der Waals surface area contributed by atoms with Crippen LogP contribution in [0.25, 0.3) is 10.9 Å². The van der Waals surface area contributed by atoms with Gasteiger partial charge in [-0.3, -0.25) is 4.79 Å². The number of rotatable bonds is 6. The average molecular weight is 369 g/mol. The first-order valence-electron chi connectivity index (χ1n) is 6.70. The highest BCUT2D eigenvalue weighted by molar-refractivity contribution is 9.10. The number of amides is 1. The Hall–Kier alpha value is -1.86. The van der Waals surface area contributed by atoms with E-state index in [-0.39, 0.29) is 19.1 Å². The summed E-state index contributed by atoms with van der Waals surface area (Å²) in [7, 11) is 1.39. The number of carbonyl (C=O) groups is 2. The zero-order valence-corrected chi connectivity index (χ0v) is 13.9. The van der Waals surface area contributed by atoms with Gasteiger partial charge in [-0.15, -0.1) is 0 Å². The molecule has 0 saturated heterocycles. The normalized spacial score (nSPS) is 12.3. The number of hydrogen-bond acceptors (Lipinski definition) is 3. The highest BCUT2D eigenvalue weighted by atomic mass is 79.9. The van der Waals surface area contributed by atoms with Gasteiger partial charge in [-0.2, -0.15) is 0 Å². The number of ether oxygens (including phenoxy) is 1. The maximum Gasteiger partial charge on any atom is 0.328 e. The second-order valence-electron chi connectivity index (χ2n) is 4.92. The van der Waals surface area contributed by atoms with E-state index in [9.17, 15) is 9.59 Å². The Labute approximate surface area is 136 Å². The fourth-order valence-electron chi connectivity index (χ4n) is 2.32. The van der Waals surface area contributed by atoms with Gasteiger partial charge < -0.3 is 19.7 Å². The van der Waals surface area contributed by atoms with Gasteiger partial charge >= 0.3 is 5.97 Å². The number of nitrogens with zero attached hydrogens (tertiary/aromatic N) is 1. The molecule has 1 amide bonds. The zero-order valence-electron chi connectivity index (χ0n) is 12.3. The molecular weight excluding hydrogens is 352 g/mol. The largest absolute Gasteiger partial charge is 0.480 e. The fourth-order valence-corrected chi connectivity index (χ4v) is 2.87. The first-order chi connectivity index (χ1) is 10.5. The van der Waals surface area contributed by atoms with Crippen LogP contribution < -0.4 is 5.32 Å². The number of carboxylic acid groups (broad SMARTS) is 1. The van der Waals surface area contributed by atoms with Crippen molar-refractivity contribution in [2.24, 2.45) is 0 Å². The van der Waals surface area contributed by atoms with Crippen LogP contribution >= 0.6 is 15.9 Å². The van der Waals surface area contributed by atoms with Crippen LogP contribution in [-0.4, -0.2) is 41.3 Å². The van der Waals surface area contributed by atoms with Gasteiger partial charge in [-0.05, 0) is 28.9 Å². The number of hydrogen-bond donors (Lipinski definition) is 2. The summed E-state index contributed by atoms with van der Waals surface area (Å²) < 4.78 is 7.59. The van der Waals surface area contributed by atoms with Crippen molar-refractivity contribution in [2.75, 3.05) is 13.7 Å². The number of carbonyl (C=O) groups excluding carboxylic acids is 1. The van der Waals surface area contributed by atoms with Crippen LogP contribution in [0, 0.1) is 6.92 Å². The predicted octanol–water partition coefficient (Wildman–Crippen LogP) is 1.93. The lowest BCUT2D eigenvalue weighted by molar-refractivity contribution is -0.143. The molecule has 7 heteroatoms. The zero-order chi connectivity index (χ0) is 16.3.